The van der Waals surface area contributed by atoms with Crippen LogP contribution in [0.3, 0.4) is 0 Å². The zero-order valence-electron chi connectivity index (χ0n) is 10.4. The number of halogens is 6. The predicted molar refractivity (Wildman–Crippen MR) is 65.9 cm³/mol. The van der Waals surface area contributed by atoms with Crippen molar-refractivity contribution in [1.82, 2.24) is 0 Å². The van der Waals surface area contributed by atoms with Crippen molar-refractivity contribution in [3.8, 4) is 0 Å². The lowest BCUT2D eigenvalue weighted by Crippen LogP contribution is -2.26. The minimum atomic E-state index is -5.09. The van der Waals surface area contributed by atoms with Crippen LogP contribution >= 0.6 is 12.6 Å². The number of thiol groups is 1. The minimum Gasteiger partial charge on any atom is -0.390 e. The van der Waals surface area contributed by atoms with Gasteiger partial charge in [-0.15, -0.1) is 0 Å². The molecule has 0 saturated carbocycles. The van der Waals surface area contributed by atoms with E-state index in [1.165, 1.54) is 0 Å². The molecule has 2 unspecified atom stereocenters. The van der Waals surface area contributed by atoms with Crippen LogP contribution in [-0.4, -0.2) is 22.1 Å². The van der Waals surface area contributed by atoms with E-state index in [0.717, 1.165) is 0 Å². The van der Waals surface area contributed by atoms with Crippen LogP contribution in [0.5, 0.6) is 0 Å². The SMILES string of the molecule is OC(CCS)C(O)c1c(C(F)(F)F)cccc1C(F)(F)F. The smallest absolute Gasteiger partial charge is 0.390 e. The summed E-state index contributed by atoms with van der Waals surface area (Å²) < 4.78 is 77.1. The molecule has 0 spiro atoms. The van der Waals surface area contributed by atoms with E-state index in [4.69, 9.17) is 0 Å². The van der Waals surface area contributed by atoms with Crippen molar-refractivity contribution in [3.05, 3.63) is 34.9 Å². The van der Waals surface area contributed by atoms with Crippen molar-refractivity contribution >= 4 is 12.6 Å². The molecule has 120 valence electrons. The third kappa shape index (κ3) is 4.27. The molecule has 0 aliphatic rings. The molecule has 0 radical (unpaired) electrons. The summed E-state index contributed by atoms with van der Waals surface area (Å²) in [6.45, 7) is 0. The third-order valence-corrected chi connectivity index (χ3v) is 3.06. The molecule has 0 aliphatic heterocycles. The summed E-state index contributed by atoms with van der Waals surface area (Å²) >= 11 is 3.72. The van der Waals surface area contributed by atoms with E-state index in [1.807, 2.05) is 0 Å². The maximum absolute atomic E-state index is 12.9. The number of benzene rings is 1. The van der Waals surface area contributed by atoms with Crippen LogP contribution in [0.15, 0.2) is 18.2 Å². The van der Waals surface area contributed by atoms with Gasteiger partial charge in [-0.2, -0.15) is 39.0 Å². The second-order valence-corrected chi connectivity index (χ2v) is 4.73. The highest BCUT2D eigenvalue weighted by atomic mass is 32.1. The number of aliphatic hydroxyl groups excluding tert-OH is 2. The Morgan fingerprint density at radius 3 is 1.71 bits per heavy atom. The van der Waals surface area contributed by atoms with Gasteiger partial charge in [-0.3, -0.25) is 0 Å². The normalized spacial score (nSPS) is 15.9. The third-order valence-electron chi connectivity index (χ3n) is 2.80. The first-order chi connectivity index (χ1) is 9.50. The zero-order valence-corrected chi connectivity index (χ0v) is 11.3. The molecule has 2 nitrogen and oxygen atoms in total. The van der Waals surface area contributed by atoms with Gasteiger partial charge in [-0.1, -0.05) is 6.07 Å². The molecule has 0 aromatic heterocycles. The lowest BCUT2D eigenvalue weighted by Gasteiger charge is -2.25. The molecule has 0 aliphatic carbocycles. The van der Waals surface area contributed by atoms with Crippen LogP contribution in [0.25, 0.3) is 0 Å². The van der Waals surface area contributed by atoms with Gasteiger partial charge in [0, 0.05) is 5.56 Å². The monoisotopic (exact) mass is 334 g/mol. The molecule has 1 aromatic carbocycles. The first kappa shape index (κ1) is 18.1. The van der Waals surface area contributed by atoms with Crippen molar-refractivity contribution in [1.29, 1.82) is 0 Å². The Balaban J connectivity index is 3.50. The summed E-state index contributed by atoms with van der Waals surface area (Å²) in [5.41, 5.74) is -4.61. The Labute approximate surface area is 121 Å². The summed E-state index contributed by atoms with van der Waals surface area (Å²) in [5, 5.41) is 19.2. The molecule has 1 aromatic rings. The van der Waals surface area contributed by atoms with E-state index >= 15 is 0 Å². The summed E-state index contributed by atoms with van der Waals surface area (Å²) in [6, 6.07) is 1.47. The molecular weight excluding hydrogens is 322 g/mol. The second-order valence-electron chi connectivity index (χ2n) is 4.29. The highest BCUT2D eigenvalue weighted by Crippen LogP contribution is 2.42. The highest BCUT2D eigenvalue weighted by Gasteiger charge is 2.43. The van der Waals surface area contributed by atoms with Gasteiger partial charge in [-0.05, 0) is 24.3 Å². The Bertz CT molecular complexity index is 453. The Kier molecular flexibility index (Phi) is 5.57. The highest BCUT2D eigenvalue weighted by molar-refractivity contribution is 7.80. The molecule has 0 amide bonds. The van der Waals surface area contributed by atoms with Crippen LogP contribution in [0.2, 0.25) is 0 Å². The molecule has 0 heterocycles. The van der Waals surface area contributed by atoms with Gasteiger partial charge >= 0.3 is 12.4 Å². The molecule has 1 rings (SSSR count). The van der Waals surface area contributed by atoms with Gasteiger partial charge in [0.2, 0.25) is 0 Å². The van der Waals surface area contributed by atoms with E-state index in [0.29, 0.717) is 18.2 Å². The average molecular weight is 334 g/mol. The Morgan fingerprint density at radius 1 is 0.952 bits per heavy atom. The fourth-order valence-electron chi connectivity index (χ4n) is 1.86. The molecule has 2 N–H and O–H groups in total. The number of rotatable bonds is 4. The molecular formula is C12H12F6O2S. The van der Waals surface area contributed by atoms with Gasteiger partial charge in [0.05, 0.1) is 17.2 Å². The van der Waals surface area contributed by atoms with Crippen molar-refractivity contribution in [3.63, 3.8) is 0 Å². The largest absolute Gasteiger partial charge is 0.416 e. The molecule has 0 fully saturated rings. The van der Waals surface area contributed by atoms with Gasteiger partial charge in [0.25, 0.3) is 0 Å². The van der Waals surface area contributed by atoms with Crippen molar-refractivity contribution in [2.24, 2.45) is 0 Å². The van der Waals surface area contributed by atoms with Crippen LogP contribution in [-0.2, 0) is 12.4 Å². The minimum absolute atomic E-state index is 0.00619. The molecule has 9 heteroatoms. The topological polar surface area (TPSA) is 40.5 Å². The first-order valence-corrected chi connectivity index (χ1v) is 6.37. The quantitative estimate of drug-likeness (QED) is 0.583. The first-order valence-electron chi connectivity index (χ1n) is 5.74. The number of aliphatic hydroxyl groups is 2. The standard InChI is InChI=1S/C12H12F6O2S/c13-11(14,15)6-2-1-3-7(12(16,17)18)9(6)10(20)8(19)4-5-21/h1-3,8,10,19-21H,4-5H2. The van der Waals surface area contributed by atoms with Gasteiger partial charge in [0.1, 0.15) is 6.10 Å². The molecule has 0 bridgehead atoms. The number of alkyl halides is 6. The lowest BCUT2D eigenvalue weighted by molar-refractivity contribution is -0.147. The predicted octanol–water partition coefficient (Wildman–Crippen LogP) is 3.44. The van der Waals surface area contributed by atoms with E-state index in [-0.39, 0.29) is 12.2 Å². The number of hydrogen-bond acceptors (Lipinski definition) is 3. The second kappa shape index (κ2) is 6.45. The van der Waals surface area contributed by atoms with Crippen LogP contribution in [0.1, 0.15) is 29.2 Å². The van der Waals surface area contributed by atoms with Crippen LogP contribution in [0, 0.1) is 0 Å². The van der Waals surface area contributed by atoms with Crippen LogP contribution in [0.4, 0.5) is 26.3 Å². The van der Waals surface area contributed by atoms with Crippen molar-refractivity contribution in [2.45, 2.75) is 31.0 Å². The van der Waals surface area contributed by atoms with E-state index in [9.17, 15) is 36.6 Å². The molecule has 2 atom stereocenters. The van der Waals surface area contributed by atoms with Crippen molar-refractivity contribution < 1.29 is 36.6 Å². The fourth-order valence-corrected chi connectivity index (χ4v) is 2.13. The summed E-state index contributed by atoms with van der Waals surface area (Å²) in [7, 11) is 0. The number of hydrogen-bond donors (Lipinski definition) is 3. The molecule has 0 saturated heterocycles. The van der Waals surface area contributed by atoms with Crippen LogP contribution < -0.4 is 0 Å². The molecule has 21 heavy (non-hydrogen) atoms. The van der Waals surface area contributed by atoms with E-state index in [1.54, 1.807) is 0 Å². The summed E-state index contributed by atoms with van der Waals surface area (Å²) in [4.78, 5) is 0. The fraction of sp³-hybridized carbons (Fsp3) is 0.500. The zero-order chi connectivity index (χ0) is 16.4. The Morgan fingerprint density at radius 2 is 1.38 bits per heavy atom. The van der Waals surface area contributed by atoms with E-state index in [2.05, 4.69) is 12.6 Å². The van der Waals surface area contributed by atoms with Crippen molar-refractivity contribution in [2.75, 3.05) is 5.75 Å². The van der Waals surface area contributed by atoms with Gasteiger partial charge in [0.15, 0.2) is 0 Å². The summed E-state index contributed by atoms with van der Waals surface area (Å²) in [6.07, 6.45) is -14.5. The summed E-state index contributed by atoms with van der Waals surface area (Å²) in [5.74, 6) is -0.00619. The van der Waals surface area contributed by atoms with E-state index < -0.39 is 41.3 Å². The lowest BCUT2D eigenvalue weighted by atomic mass is 9.92. The maximum atomic E-state index is 12.9. The van der Waals surface area contributed by atoms with Gasteiger partial charge in [-0.25, -0.2) is 0 Å². The maximum Gasteiger partial charge on any atom is 0.416 e. The average Bonchev–Trinajstić information content (AvgIpc) is 2.35. The van der Waals surface area contributed by atoms with Gasteiger partial charge < -0.3 is 10.2 Å². The Hall–Kier alpha value is -0.930.